The Bertz CT molecular complexity index is 767. The summed E-state index contributed by atoms with van der Waals surface area (Å²) in [6, 6.07) is 3.61. The lowest BCUT2D eigenvalue weighted by atomic mass is 9.82. The topological polar surface area (TPSA) is 37.9 Å². The molecule has 0 aliphatic rings. The summed E-state index contributed by atoms with van der Waals surface area (Å²) < 4.78 is 5.22. The molecule has 1 aromatic carbocycles. The molecule has 80 valence electrons. The minimum Gasteiger partial charge on any atom is -0.498 e. The number of hydrogen-bond acceptors (Lipinski definition) is 2. The Morgan fingerprint density at radius 2 is 2.00 bits per heavy atom. The second-order valence-corrected chi connectivity index (χ2v) is 4.13. The summed E-state index contributed by atoms with van der Waals surface area (Å²) in [5.74, 6) is 0.478. The van der Waals surface area contributed by atoms with Gasteiger partial charge in [0.2, 0.25) is 0 Å². The first-order valence-corrected chi connectivity index (χ1v) is 5.40. The Balaban J connectivity index is 2.54. The summed E-state index contributed by atoms with van der Waals surface area (Å²) in [4.78, 5) is 7.38. The molecule has 1 N–H and O–H groups in total. The van der Waals surface area contributed by atoms with Crippen LogP contribution in [0.5, 0.6) is 5.75 Å². The molecule has 0 unspecified atom stereocenters. The smallest absolute Gasteiger partial charge is 0.138 e. The summed E-state index contributed by atoms with van der Waals surface area (Å²) in [5, 5.41) is 1.69. The van der Waals surface area contributed by atoms with Crippen molar-refractivity contribution < 1.29 is 4.74 Å². The average Bonchev–Trinajstić information content (AvgIpc) is 2.66. The molecule has 6 heteroatoms. The molecule has 0 fully saturated rings. The van der Waals surface area contributed by atoms with E-state index in [-0.39, 0.29) is 0 Å². The molecular formula is C12H7B3N2O. The number of benzene rings is 1. The van der Waals surface area contributed by atoms with E-state index < -0.39 is 0 Å². The quantitative estimate of drug-likeness (QED) is 0.548. The molecule has 3 nitrogen and oxygen atoms in total. The van der Waals surface area contributed by atoms with Crippen LogP contribution in [0, 0.1) is 0 Å². The fourth-order valence-electron chi connectivity index (χ4n) is 2.22. The second kappa shape index (κ2) is 3.84. The zero-order valence-electron chi connectivity index (χ0n) is 9.82. The molecular weight excluding hydrogens is 221 g/mol. The number of methoxy groups -OCH3 is 1. The van der Waals surface area contributed by atoms with E-state index in [0.717, 1.165) is 21.9 Å². The van der Waals surface area contributed by atoms with Gasteiger partial charge in [-0.15, -0.1) is 0 Å². The fraction of sp³-hybridized carbons (Fsp3) is 0.0833. The van der Waals surface area contributed by atoms with Crippen molar-refractivity contribution in [1.82, 2.24) is 9.97 Å². The van der Waals surface area contributed by atoms with Gasteiger partial charge in [0, 0.05) is 22.5 Å². The standard InChI is InChI=1S/C12H7B3N2O/c1-18-11-7(14)3-8-9(10(11)15)6-2-5(13)4-16-12(6)17-8/h2-4H,1H3,(H,16,17). The highest BCUT2D eigenvalue weighted by atomic mass is 16.5. The van der Waals surface area contributed by atoms with Crippen LogP contribution >= 0.6 is 0 Å². The first-order valence-electron chi connectivity index (χ1n) is 5.40. The van der Waals surface area contributed by atoms with Crippen LogP contribution < -0.4 is 21.1 Å². The molecule has 18 heavy (non-hydrogen) atoms. The molecule has 0 bridgehead atoms. The van der Waals surface area contributed by atoms with Gasteiger partial charge in [0.05, 0.1) is 7.11 Å². The van der Waals surface area contributed by atoms with Crippen LogP contribution in [0.15, 0.2) is 18.3 Å². The summed E-state index contributed by atoms with van der Waals surface area (Å²) in [6.45, 7) is 0. The highest BCUT2D eigenvalue weighted by molar-refractivity contribution is 6.48. The van der Waals surface area contributed by atoms with E-state index in [1.165, 1.54) is 7.11 Å². The van der Waals surface area contributed by atoms with Gasteiger partial charge >= 0.3 is 0 Å². The zero-order valence-corrected chi connectivity index (χ0v) is 9.82. The number of rotatable bonds is 1. The largest absolute Gasteiger partial charge is 0.498 e. The lowest BCUT2D eigenvalue weighted by Gasteiger charge is -2.10. The maximum Gasteiger partial charge on any atom is 0.138 e. The Kier molecular flexibility index (Phi) is 2.40. The van der Waals surface area contributed by atoms with E-state index in [0.29, 0.717) is 22.1 Å². The Labute approximate surface area is 108 Å². The summed E-state index contributed by atoms with van der Waals surface area (Å²) in [6.07, 6.45) is 1.59. The molecule has 0 spiro atoms. The van der Waals surface area contributed by atoms with E-state index in [1.54, 1.807) is 12.3 Å². The maximum absolute atomic E-state index is 6.10. The third kappa shape index (κ3) is 1.45. The first-order chi connectivity index (χ1) is 8.61. The van der Waals surface area contributed by atoms with E-state index in [1.807, 2.05) is 6.07 Å². The summed E-state index contributed by atoms with van der Waals surface area (Å²) in [5.41, 5.74) is 3.10. The van der Waals surface area contributed by atoms with Crippen LogP contribution in [0.1, 0.15) is 0 Å². The van der Waals surface area contributed by atoms with Crippen molar-refractivity contribution in [3.63, 3.8) is 0 Å². The molecule has 2 aromatic heterocycles. The number of hydrogen-bond donors (Lipinski definition) is 1. The van der Waals surface area contributed by atoms with Crippen LogP contribution in [-0.2, 0) is 0 Å². The molecule has 0 saturated heterocycles. The Hall–Kier alpha value is -1.84. The van der Waals surface area contributed by atoms with Gasteiger partial charge in [-0.05, 0) is 11.5 Å². The molecule has 0 amide bonds. The van der Waals surface area contributed by atoms with Crippen molar-refractivity contribution in [2.45, 2.75) is 0 Å². The number of aromatic nitrogens is 2. The minimum absolute atomic E-state index is 0.478. The van der Waals surface area contributed by atoms with Crippen LogP contribution in [0.2, 0.25) is 0 Å². The predicted octanol–water partition coefficient (Wildman–Crippen LogP) is -0.894. The number of fused-ring (bicyclic) bond motifs is 3. The third-order valence-corrected chi connectivity index (χ3v) is 2.98. The normalized spacial score (nSPS) is 11.2. The van der Waals surface area contributed by atoms with Crippen molar-refractivity contribution in [3.05, 3.63) is 18.3 Å². The van der Waals surface area contributed by atoms with Crippen molar-refractivity contribution in [3.8, 4) is 5.75 Å². The number of aromatic amines is 1. The number of ether oxygens (including phenoxy) is 1. The van der Waals surface area contributed by atoms with Gasteiger partial charge in [0.25, 0.3) is 0 Å². The lowest BCUT2D eigenvalue weighted by Crippen LogP contribution is -2.19. The Morgan fingerprint density at radius 3 is 2.72 bits per heavy atom. The highest BCUT2D eigenvalue weighted by Gasteiger charge is 2.12. The summed E-state index contributed by atoms with van der Waals surface area (Å²) >= 11 is 0. The van der Waals surface area contributed by atoms with Crippen molar-refractivity contribution in [1.29, 1.82) is 0 Å². The van der Waals surface area contributed by atoms with Crippen molar-refractivity contribution >= 4 is 61.9 Å². The maximum atomic E-state index is 6.10. The third-order valence-electron chi connectivity index (χ3n) is 2.98. The van der Waals surface area contributed by atoms with Gasteiger partial charge in [0.15, 0.2) is 0 Å². The number of nitrogens with zero attached hydrogens (tertiary/aromatic N) is 1. The highest BCUT2D eigenvalue weighted by Crippen LogP contribution is 2.23. The van der Waals surface area contributed by atoms with E-state index in [2.05, 4.69) is 9.97 Å². The SMILES string of the molecule is [B]c1cnc2[nH]c3cc([B])c(OC)c([B])c3c2c1. The van der Waals surface area contributed by atoms with Gasteiger partial charge < -0.3 is 9.72 Å². The van der Waals surface area contributed by atoms with Crippen LogP contribution in [0.4, 0.5) is 0 Å². The van der Waals surface area contributed by atoms with Crippen LogP contribution in [0.25, 0.3) is 21.9 Å². The molecule has 2 heterocycles. The van der Waals surface area contributed by atoms with Gasteiger partial charge in [-0.1, -0.05) is 17.0 Å². The van der Waals surface area contributed by atoms with Gasteiger partial charge in [0.1, 0.15) is 34.9 Å². The van der Waals surface area contributed by atoms with Gasteiger partial charge in [-0.25, -0.2) is 4.98 Å². The Morgan fingerprint density at radius 1 is 1.22 bits per heavy atom. The van der Waals surface area contributed by atoms with E-state index in [9.17, 15) is 0 Å². The monoisotopic (exact) mass is 228 g/mol. The second-order valence-electron chi connectivity index (χ2n) is 4.13. The zero-order chi connectivity index (χ0) is 12.9. The number of H-pyrrole nitrogens is 1. The predicted molar refractivity (Wildman–Crippen MR) is 76.3 cm³/mol. The van der Waals surface area contributed by atoms with Crippen molar-refractivity contribution in [2.24, 2.45) is 0 Å². The summed E-state index contributed by atoms with van der Waals surface area (Å²) in [7, 11) is 19.3. The molecule has 0 aliphatic heterocycles. The molecule has 3 rings (SSSR count). The number of pyridine rings is 1. The van der Waals surface area contributed by atoms with Crippen LogP contribution in [0.3, 0.4) is 0 Å². The van der Waals surface area contributed by atoms with Gasteiger partial charge in [-0.3, -0.25) is 0 Å². The van der Waals surface area contributed by atoms with E-state index in [4.69, 9.17) is 28.3 Å². The molecule has 0 saturated carbocycles. The van der Waals surface area contributed by atoms with Crippen molar-refractivity contribution in [2.75, 3.05) is 7.11 Å². The fourth-order valence-corrected chi connectivity index (χ4v) is 2.22. The molecule has 3 aromatic rings. The molecule has 6 radical (unpaired) electrons. The lowest BCUT2D eigenvalue weighted by molar-refractivity contribution is 0.422. The average molecular weight is 228 g/mol. The van der Waals surface area contributed by atoms with Gasteiger partial charge in [-0.2, -0.15) is 0 Å². The first kappa shape index (κ1) is 11.3. The minimum atomic E-state index is 0.478. The molecule has 0 aliphatic carbocycles. The van der Waals surface area contributed by atoms with E-state index >= 15 is 0 Å². The molecule has 0 atom stereocenters. The van der Waals surface area contributed by atoms with Crippen LogP contribution in [-0.4, -0.2) is 40.6 Å². The number of nitrogens with one attached hydrogen (secondary N) is 1.